The standard InChI is InChI=1S/C21H26F2N6O2S/c1-3-11-32-21-27-18(24-8-10-31-4-2)15-13-26-29(19(15)28-21)9-7-25-20(30)14-5-6-16(22)17(23)12-14/h5-6,12-13H,3-4,7-11H2,1-2H3,(H,25,30)(H,24,27,28). The first kappa shape index (κ1) is 23.9. The van der Waals surface area contributed by atoms with Crippen LogP contribution in [0, 0.1) is 11.6 Å². The number of rotatable bonds is 12. The van der Waals surface area contributed by atoms with Gasteiger partial charge in [-0.1, -0.05) is 18.7 Å². The molecule has 32 heavy (non-hydrogen) atoms. The van der Waals surface area contributed by atoms with E-state index in [0.717, 1.165) is 29.7 Å². The third-order valence-corrected chi connectivity index (χ3v) is 5.50. The minimum Gasteiger partial charge on any atom is -0.380 e. The van der Waals surface area contributed by atoms with Crippen molar-refractivity contribution in [3.05, 3.63) is 41.6 Å². The van der Waals surface area contributed by atoms with E-state index >= 15 is 0 Å². The van der Waals surface area contributed by atoms with Gasteiger partial charge in [0, 0.05) is 31.0 Å². The van der Waals surface area contributed by atoms with E-state index in [2.05, 4.69) is 32.6 Å². The molecule has 2 heterocycles. The number of anilines is 1. The van der Waals surface area contributed by atoms with Crippen molar-refractivity contribution in [2.45, 2.75) is 32.0 Å². The van der Waals surface area contributed by atoms with E-state index in [1.165, 1.54) is 6.07 Å². The maximum atomic E-state index is 13.4. The van der Waals surface area contributed by atoms with Crippen LogP contribution in [0.5, 0.6) is 0 Å². The highest BCUT2D eigenvalue weighted by molar-refractivity contribution is 7.99. The van der Waals surface area contributed by atoms with Gasteiger partial charge in [0.15, 0.2) is 22.4 Å². The summed E-state index contributed by atoms with van der Waals surface area (Å²) in [6.07, 6.45) is 2.68. The number of nitrogens with zero attached hydrogens (tertiary/aromatic N) is 4. The smallest absolute Gasteiger partial charge is 0.251 e. The van der Waals surface area contributed by atoms with E-state index in [4.69, 9.17) is 4.74 Å². The molecule has 0 bridgehead atoms. The first-order valence-corrected chi connectivity index (χ1v) is 11.4. The Morgan fingerprint density at radius 1 is 1.19 bits per heavy atom. The van der Waals surface area contributed by atoms with Crippen LogP contribution in [-0.4, -0.2) is 57.7 Å². The molecule has 0 spiro atoms. The normalized spacial score (nSPS) is 11.1. The van der Waals surface area contributed by atoms with Gasteiger partial charge in [-0.2, -0.15) is 5.10 Å². The highest BCUT2D eigenvalue weighted by Crippen LogP contribution is 2.24. The van der Waals surface area contributed by atoms with Crippen molar-refractivity contribution in [3.8, 4) is 0 Å². The Bertz CT molecular complexity index is 1060. The molecule has 0 saturated heterocycles. The molecule has 2 N–H and O–H groups in total. The van der Waals surface area contributed by atoms with E-state index < -0.39 is 17.5 Å². The Morgan fingerprint density at radius 2 is 2.03 bits per heavy atom. The average Bonchev–Trinajstić information content (AvgIpc) is 3.20. The Kier molecular flexibility index (Phi) is 8.74. The van der Waals surface area contributed by atoms with Crippen LogP contribution in [0.1, 0.15) is 30.6 Å². The summed E-state index contributed by atoms with van der Waals surface area (Å²) in [6, 6.07) is 3.04. The highest BCUT2D eigenvalue weighted by atomic mass is 32.2. The Hall–Kier alpha value is -2.79. The molecule has 0 atom stereocenters. The number of benzene rings is 1. The van der Waals surface area contributed by atoms with Crippen molar-refractivity contribution in [3.63, 3.8) is 0 Å². The van der Waals surface area contributed by atoms with E-state index in [1.807, 2.05) is 6.92 Å². The predicted molar refractivity (Wildman–Crippen MR) is 120 cm³/mol. The van der Waals surface area contributed by atoms with Crippen molar-refractivity contribution in [1.82, 2.24) is 25.1 Å². The fourth-order valence-corrected chi connectivity index (χ4v) is 3.59. The molecule has 172 valence electrons. The summed E-state index contributed by atoms with van der Waals surface area (Å²) in [5, 5.41) is 11.8. The van der Waals surface area contributed by atoms with Crippen molar-refractivity contribution < 1.29 is 18.3 Å². The van der Waals surface area contributed by atoms with Crippen LogP contribution in [0.2, 0.25) is 0 Å². The van der Waals surface area contributed by atoms with Gasteiger partial charge in [-0.15, -0.1) is 0 Å². The summed E-state index contributed by atoms with van der Waals surface area (Å²) in [5.74, 6) is -0.971. The van der Waals surface area contributed by atoms with Gasteiger partial charge < -0.3 is 15.4 Å². The molecule has 8 nitrogen and oxygen atoms in total. The number of fused-ring (bicyclic) bond motifs is 1. The molecule has 0 aliphatic heterocycles. The second-order valence-corrected chi connectivity index (χ2v) is 7.88. The molecule has 3 rings (SSSR count). The number of carbonyl (C=O) groups excluding carboxylic acids is 1. The Balaban J connectivity index is 1.71. The van der Waals surface area contributed by atoms with Gasteiger partial charge >= 0.3 is 0 Å². The summed E-state index contributed by atoms with van der Waals surface area (Å²) >= 11 is 1.56. The maximum Gasteiger partial charge on any atom is 0.251 e. The topological polar surface area (TPSA) is 94.0 Å². The van der Waals surface area contributed by atoms with Crippen LogP contribution < -0.4 is 10.6 Å². The molecular weight excluding hydrogens is 438 g/mol. The molecule has 1 amide bonds. The molecule has 3 aromatic rings. The van der Waals surface area contributed by atoms with E-state index in [9.17, 15) is 13.6 Å². The number of hydrogen-bond acceptors (Lipinski definition) is 7. The minimum absolute atomic E-state index is 0.0515. The number of halogens is 2. The Labute approximate surface area is 189 Å². The summed E-state index contributed by atoms with van der Waals surface area (Å²) in [7, 11) is 0. The zero-order chi connectivity index (χ0) is 22.9. The number of amides is 1. The van der Waals surface area contributed by atoms with Crippen molar-refractivity contribution >= 4 is 34.5 Å². The number of nitrogens with one attached hydrogen (secondary N) is 2. The van der Waals surface area contributed by atoms with Crippen LogP contribution in [0.25, 0.3) is 11.0 Å². The van der Waals surface area contributed by atoms with Crippen LogP contribution in [0.15, 0.2) is 29.6 Å². The fourth-order valence-electron chi connectivity index (χ4n) is 2.89. The predicted octanol–water partition coefficient (Wildman–Crippen LogP) is 3.49. The van der Waals surface area contributed by atoms with Gasteiger partial charge in [0.05, 0.1) is 24.7 Å². The van der Waals surface area contributed by atoms with Crippen molar-refractivity contribution in [2.24, 2.45) is 0 Å². The van der Waals surface area contributed by atoms with E-state index in [0.29, 0.717) is 42.9 Å². The fraction of sp³-hybridized carbons (Fsp3) is 0.429. The molecule has 2 aromatic heterocycles. The van der Waals surface area contributed by atoms with E-state index in [1.54, 1.807) is 22.6 Å². The first-order valence-electron chi connectivity index (χ1n) is 10.4. The third kappa shape index (κ3) is 6.13. The third-order valence-electron chi connectivity index (χ3n) is 4.44. The lowest BCUT2D eigenvalue weighted by Gasteiger charge is -2.10. The molecule has 1 aromatic carbocycles. The monoisotopic (exact) mass is 464 g/mol. The van der Waals surface area contributed by atoms with Gasteiger partial charge in [-0.3, -0.25) is 4.79 Å². The maximum absolute atomic E-state index is 13.4. The van der Waals surface area contributed by atoms with Crippen molar-refractivity contribution in [2.75, 3.05) is 37.4 Å². The lowest BCUT2D eigenvalue weighted by Crippen LogP contribution is -2.27. The number of hydrogen-bond donors (Lipinski definition) is 2. The Morgan fingerprint density at radius 3 is 2.78 bits per heavy atom. The van der Waals surface area contributed by atoms with Crippen LogP contribution in [0.4, 0.5) is 14.6 Å². The number of thioether (sulfide) groups is 1. The molecular formula is C21H26F2N6O2S. The number of ether oxygens (including phenoxy) is 1. The zero-order valence-corrected chi connectivity index (χ0v) is 18.8. The second kappa shape index (κ2) is 11.7. The van der Waals surface area contributed by atoms with Gasteiger partial charge in [-0.25, -0.2) is 23.4 Å². The van der Waals surface area contributed by atoms with Crippen LogP contribution >= 0.6 is 11.8 Å². The largest absolute Gasteiger partial charge is 0.380 e. The first-order chi connectivity index (χ1) is 15.5. The summed E-state index contributed by atoms with van der Waals surface area (Å²) < 4.78 is 33.5. The zero-order valence-electron chi connectivity index (χ0n) is 18.0. The van der Waals surface area contributed by atoms with Gasteiger partial charge in [0.2, 0.25) is 0 Å². The van der Waals surface area contributed by atoms with Crippen LogP contribution in [0.3, 0.4) is 0 Å². The van der Waals surface area contributed by atoms with Gasteiger partial charge in [0.25, 0.3) is 5.91 Å². The molecule has 0 aliphatic rings. The molecule has 11 heteroatoms. The van der Waals surface area contributed by atoms with Crippen LogP contribution in [-0.2, 0) is 11.3 Å². The SMILES string of the molecule is CCCSc1nc(NCCOCC)c2cnn(CCNC(=O)c3ccc(F)c(F)c3)c2n1. The second-order valence-electron chi connectivity index (χ2n) is 6.82. The van der Waals surface area contributed by atoms with Gasteiger partial charge in [0.1, 0.15) is 5.82 Å². The number of carbonyl (C=O) groups is 1. The molecule has 0 radical (unpaired) electrons. The summed E-state index contributed by atoms with van der Waals surface area (Å²) in [5.41, 5.74) is 0.704. The summed E-state index contributed by atoms with van der Waals surface area (Å²) in [4.78, 5) is 21.5. The highest BCUT2D eigenvalue weighted by Gasteiger charge is 2.14. The van der Waals surface area contributed by atoms with Crippen molar-refractivity contribution in [1.29, 1.82) is 0 Å². The molecule has 0 unspecified atom stereocenters. The van der Waals surface area contributed by atoms with E-state index in [-0.39, 0.29) is 12.1 Å². The average molecular weight is 465 g/mol. The molecule has 0 aliphatic carbocycles. The van der Waals surface area contributed by atoms with Gasteiger partial charge in [-0.05, 0) is 31.5 Å². The lowest BCUT2D eigenvalue weighted by atomic mass is 10.2. The number of aromatic nitrogens is 4. The summed E-state index contributed by atoms with van der Waals surface area (Å²) in [6.45, 7) is 6.43. The quantitative estimate of drug-likeness (QED) is 0.241. The minimum atomic E-state index is -1.06. The lowest BCUT2D eigenvalue weighted by molar-refractivity contribution is 0.0951. The molecule has 0 fully saturated rings. The molecule has 0 saturated carbocycles.